The summed E-state index contributed by atoms with van der Waals surface area (Å²) in [7, 11) is 0. The number of rotatable bonds is 16. The third-order valence-electron chi connectivity index (χ3n) is 10.2. The molecule has 9 nitrogen and oxygen atoms in total. The predicted octanol–water partition coefficient (Wildman–Crippen LogP) is 4.83. The van der Waals surface area contributed by atoms with Gasteiger partial charge in [0.15, 0.2) is 0 Å². The van der Waals surface area contributed by atoms with Crippen LogP contribution >= 0.6 is 15.9 Å². The molecule has 2 aromatic rings. The zero-order valence-electron chi connectivity index (χ0n) is 28.3. The lowest BCUT2D eigenvalue weighted by atomic mass is 9.70. The topological polar surface area (TPSA) is 93.6 Å². The van der Waals surface area contributed by atoms with Gasteiger partial charge in [-0.3, -0.25) is 14.4 Å². The number of carbonyl (C=O) groups excluding carboxylic acids is 3. The van der Waals surface area contributed by atoms with Crippen LogP contribution in [-0.2, 0) is 25.5 Å². The molecule has 3 heterocycles. The summed E-state index contributed by atoms with van der Waals surface area (Å²) in [5.74, 6) is -2.47. The lowest BCUT2D eigenvalue weighted by Gasteiger charge is -2.39. The van der Waals surface area contributed by atoms with Gasteiger partial charge < -0.3 is 29.4 Å². The fraction of sp³-hybridized carbons (Fsp3) is 0.500. The Morgan fingerprint density at radius 2 is 1.67 bits per heavy atom. The highest BCUT2D eigenvalue weighted by Gasteiger charge is 2.77. The third-order valence-corrected chi connectivity index (χ3v) is 11.0. The number of hydrogen-bond acceptors (Lipinski definition) is 6. The quantitative estimate of drug-likeness (QED) is 0.197. The molecule has 10 heteroatoms. The third kappa shape index (κ3) is 6.34. The fourth-order valence-electron chi connectivity index (χ4n) is 8.12. The van der Waals surface area contributed by atoms with Crippen LogP contribution < -0.4 is 9.80 Å². The van der Waals surface area contributed by atoms with Crippen LogP contribution in [0.3, 0.4) is 0 Å². The fourth-order valence-corrected chi connectivity index (χ4v) is 9.06. The van der Waals surface area contributed by atoms with Crippen molar-refractivity contribution in [1.82, 2.24) is 9.80 Å². The van der Waals surface area contributed by atoms with E-state index in [1.807, 2.05) is 61.5 Å². The Bertz CT molecular complexity index is 1470. The summed E-state index contributed by atoms with van der Waals surface area (Å²) in [6.07, 6.45) is 4.26. The van der Waals surface area contributed by atoms with Gasteiger partial charge in [0.1, 0.15) is 11.6 Å². The second-order valence-electron chi connectivity index (χ2n) is 12.9. The summed E-state index contributed by atoms with van der Waals surface area (Å²) in [4.78, 5) is 51.2. The normalized spacial score (nSPS) is 26.2. The van der Waals surface area contributed by atoms with Crippen molar-refractivity contribution < 1.29 is 24.2 Å². The van der Waals surface area contributed by atoms with E-state index >= 15 is 4.79 Å². The summed E-state index contributed by atoms with van der Waals surface area (Å²) in [5, 5.41) is 10.9. The summed E-state index contributed by atoms with van der Waals surface area (Å²) >= 11 is 3.79. The first-order valence-corrected chi connectivity index (χ1v) is 18.1. The SMILES string of the molecule is C=CCN(CCC)C(=O)[C@H]1[C@H]2C(=O)N([C@@H](CO)Cc3ccccc3)C(C(=O)N(CC=C)c3ccc(N(CC)CC)cc3)C23CC(Br)[C@@H]1O3. The highest BCUT2D eigenvalue weighted by molar-refractivity contribution is 9.09. The van der Waals surface area contributed by atoms with Gasteiger partial charge in [0.2, 0.25) is 11.8 Å². The second kappa shape index (κ2) is 15.4. The van der Waals surface area contributed by atoms with E-state index in [0.717, 1.165) is 30.8 Å². The lowest BCUT2D eigenvalue weighted by molar-refractivity contribution is -0.147. The Balaban J connectivity index is 1.61. The van der Waals surface area contributed by atoms with Gasteiger partial charge in [-0.05, 0) is 62.9 Å². The van der Waals surface area contributed by atoms with Crippen LogP contribution in [0.5, 0.6) is 0 Å². The monoisotopic (exact) mass is 720 g/mol. The molecule has 0 aliphatic carbocycles. The first-order chi connectivity index (χ1) is 23.2. The lowest BCUT2D eigenvalue weighted by Crippen LogP contribution is -2.59. The minimum Gasteiger partial charge on any atom is -0.394 e. The molecule has 2 aromatic carbocycles. The molecule has 0 radical (unpaired) electrons. The van der Waals surface area contributed by atoms with Gasteiger partial charge in [-0.2, -0.15) is 0 Å². The molecule has 3 amide bonds. The molecular weight excluding hydrogens is 672 g/mol. The number of halogens is 1. The van der Waals surface area contributed by atoms with Crippen molar-refractivity contribution in [3.8, 4) is 0 Å². The van der Waals surface area contributed by atoms with Gasteiger partial charge in [-0.15, -0.1) is 13.2 Å². The number of likely N-dealkylation sites (tertiary alicyclic amines) is 1. The van der Waals surface area contributed by atoms with E-state index in [1.165, 1.54) is 0 Å². The van der Waals surface area contributed by atoms with E-state index in [1.54, 1.807) is 26.9 Å². The van der Waals surface area contributed by atoms with Crippen molar-refractivity contribution >= 4 is 45.0 Å². The average molecular weight is 722 g/mol. The molecule has 0 aromatic heterocycles. The molecule has 3 saturated heterocycles. The van der Waals surface area contributed by atoms with Crippen LogP contribution in [0.25, 0.3) is 0 Å². The first kappa shape index (κ1) is 35.8. The number of aliphatic hydroxyl groups excluding tert-OH is 1. The summed E-state index contributed by atoms with van der Waals surface area (Å²) in [6.45, 7) is 16.4. The molecule has 48 heavy (non-hydrogen) atoms. The van der Waals surface area contributed by atoms with Crippen LogP contribution in [0.4, 0.5) is 11.4 Å². The number of carbonyl (C=O) groups is 3. The van der Waals surface area contributed by atoms with Crippen molar-refractivity contribution in [2.24, 2.45) is 11.8 Å². The number of hydrogen-bond donors (Lipinski definition) is 1. The zero-order valence-corrected chi connectivity index (χ0v) is 29.9. The first-order valence-electron chi connectivity index (χ1n) is 17.2. The maximum Gasteiger partial charge on any atom is 0.253 e. The number of nitrogens with zero attached hydrogens (tertiary/aromatic N) is 4. The number of fused-ring (bicyclic) bond motifs is 1. The number of alkyl halides is 1. The minimum absolute atomic E-state index is 0.169. The van der Waals surface area contributed by atoms with Gasteiger partial charge in [0, 0.05) is 48.9 Å². The van der Waals surface area contributed by atoms with Crippen molar-refractivity contribution in [3.63, 3.8) is 0 Å². The van der Waals surface area contributed by atoms with Crippen molar-refractivity contribution in [2.45, 2.75) is 68.6 Å². The summed E-state index contributed by atoms with van der Waals surface area (Å²) in [5.41, 5.74) is 1.38. The maximum absolute atomic E-state index is 15.1. The molecule has 1 N–H and O–H groups in total. The van der Waals surface area contributed by atoms with E-state index < -0.39 is 35.6 Å². The van der Waals surface area contributed by atoms with Gasteiger partial charge >= 0.3 is 0 Å². The highest BCUT2D eigenvalue weighted by atomic mass is 79.9. The van der Waals surface area contributed by atoms with E-state index in [9.17, 15) is 14.7 Å². The Hall–Kier alpha value is -3.47. The second-order valence-corrected chi connectivity index (χ2v) is 14.1. The minimum atomic E-state index is -1.26. The predicted molar refractivity (Wildman–Crippen MR) is 193 cm³/mol. The standard InChI is InChI=1S/C38H49BrN4O5/c1-6-20-41(21-7-2)35(45)31-32-36(46)43(29(25-44)23-26-14-12-11-13-15-26)34(38(32)24-30(39)33(31)48-38)37(47)42(22-8-3)28-18-16-27(17-19-28)40(9-4)10-5/h6,8,11-19,29-34,44H,1,3,7,9-10,20-25H2,2,4-5H3/t29-,30?,31+,32+,33+,34?,38?/m1/s1. The Morgan fingerprint density at radius 3 is 2.25 bits per heavy atom. The number of benzene rings is 2. The Kier molecular flexibility index (Phi) is 11.5. The molecule has 5 rings (SSSR count). The highest BCUT2D eigenvalue weighted by Crippen LogP contribution is 2.61. The number of ether oxygens (including phenoxy) is 1. The molecule has 258 valence electrons. The number of anilines is 2. The zero-order chi connectivity index (χ0) is 34.6. The molecule has 0 saturated carbocycles. The van der Waals surface area contributed by atoms with Crippen LogP contribution in [-0.4, -0.2) is 101 Å². The smallest absolute Gasteiger partial charge is 0.253 e. The molecule has 3 unspecified atom stereocenters. The molecule has 3 aliphatic rings. The van der Waals surface area contributed by atoms with E-state index in [0.29, 0.717) is 31.6 Å². The van der Waals surface area contributed by atoms with E-state index in [-0.39, 0.29) is 35.7 Å². The van der Waals surface area contributed by atoms with Gasteiger partial charge in [0.25, 0.3) is 5.91 Å². The Morgan fingerprint density at radius 1 is 1.02 bits per heavy atom. The van der Waals surface area contributed by atoms with Gasteiger partial charge in [0.05, 0.1) is 30.6 Å². The van der Waals surface area contributed by atoms with Crippen molar-refractivity contribution in [2.75, 3.05) is 49.1 Å². The van der Waals surface area contributed by atoms with Crippen LogP contribution in [0.1, 0.15) is 39.2 Å². The van der Waals surface area contributed by atoms with E-state index in [2.05, 4.69) is 47.8 Å². The molecule has 2 bridgehead atoms. The molecule has 1 spiro atoms. The van der Waals surface area contributed by atoms with Gasteiger partial charge in [-0.1, -0.05) is 65.3 Å². The van der Waals surface area contributed by atoms with E-state index in [4.69, 9.17) is 4.74 Å². The summed E-state index contributed by atoms with van der Waals surface area (Å²) < 4.78 is 6.82. The number of aliphatic hydroxyl groups is 1. The van der Waals surface area contributed by atoms with Crippen LogP contribution in [0, 0.1) is 11.8 Å². The molecule has 7 atom stereocenters. The molecular formula is C38H49BrN4O5. The molecule has 3 aliphatic heterocycles. The van der Waals surface area contributed by atoms with Crippen molar-refractivity contribution in [1.29, 1.82) is 0 Å². The van der Waals surface area contributed by atoms with Gasteiger partial charge in [-0.25, -0.2) is 0 Å². The maximum atomic E-state index is 15.1. The van der Waals surface area contributed by atoms with Crippen LogP contribution in [0.15, 0.2) is 79.9 Å². The Labute approximate surface area is 293 Å². The van der Waals surface area contributed by atoms with Crippen molar-refractivity contribution in [3.05, 3.63) is 85.5 Å². The van der Waals surface area contributed by atoms with Crippen LogP contribution in [0.2, 0.25) is 0 Å². The average Bonchev–Trinajstić information content (AvgIpc) is 3.70. The number of amides is 3. The molecule has 3 fully saturated rings. The largest absolute Gasteiger partial charge is 0.394 e. The summed E-state index contributed by atoms with van der Waals surface area (Å²) in [6, 6.07) is 15.7.